The van der Waals surface area contributed by atoms with E-state index >= 15 is 0 Å². The Morgan fingerprint density at radius 3 is 2.65 bits per heavy atom. The average molecular weight is 241 g/mol. The van der Waals surface area contributed by atoms with Crippen LogP contribution in [0.4, 0.5) is 0 Å². The summed E-state index contributed by atoms with van der Waals surface area (Å²) in [6, 6.07) is 0. The highest BCUT2D eigenvalue weighted by Crippen LogP contribution is 2.12. The molecule has 5 heteroatoms. The van der Waals surface area contributed by atoms with E-state index in [0.29, 0.717) is 19.8 Å². The van der Waals surface area contributed by atoms with Gasteiger partial charge in [0.25, 0.3) is 0 Å². The molecule has 1 aromatic heterocycles. The molecule has 1 rings (SSSR count). The van der Waals surface area contributed by atoms with Crippen molar-refractivity contribution in [3.8, 4) is 0 Å². The Morgan fingerprint density at radius 1 is 1.24 bits per heavy atom. The van der Waals surface area contributed by atoms with E-state index in [9.17, 15) is 0 Å². The van der Waals surface area contributed by atoms with Crippen molar-refractivity contribution in [3.63, 3.8) is 0 Å². The van der Waals surface area contributed by atoms with Gasteiger partial charge in [0.15, 0.2) is 0 Å². The van der Waals surface area contributed by atoms with Crippen LogP contribution in [0.3, 0.4) is 0 Å². The fourth-order valence-corrected chi connectivity index (χ4v) is 1.78. The summed E-state index contributed by atoms with van der Waals surface area (Å²) in [7, 11) is 3.62. The zero-order chi connectivity index (χ0) is 12.7. The van der Waals surface area contributed by atoms with Crippen LogP contribution in [-0.4, -0.2) is 43.8 Å². The van der Waals surface area contributed by atoms with Crippen LogP contribution in [0.25, 0.3) is 0 Å². The van der Waals surface area contributed by atoms with Gasteiger partial charge in [-0.1, -0.05) is 0 Å². The molecule has 0 saturated heterocycles. The zero-order valence-electron chi connectivity index (χ0n) is 11.2. The monoisotopic (exact) mass is 241 g/mol. The summed E-state index contributed by atoms with van der Waals surface area (Å²) >= 11 is 0. The first-order valence-corrected chi connectivity index (χ1v) is 5.94. The Hall–Kier alpha value is -0.910. The van der Waals surface area contributed by atoms with Gasteiger partial charge in [0, 0.05) is 24.9 Å². The Labute approximate surface area is 103 Å². The van der Waals surface area contributed by atoms with Crippen molar-refractivity contribution >= 4 is 0 Å². The lowest BCUT2D eigenvalue weighted by Gasteiger charge is -2.06. The van der Waals surface area contributed by atoms with E-state index < -0.39 is 0 Å². The van der Waals surface area contributed by atoms with Gasteiger partial charge in [-0.2, -0.15) is 5.10 Å². The van der Waals surface area contributed by atoms with Crippen molar-refractivity contribution < 1.29 is 9.47 Å². The molecule has 0 atom stereocenters. The number of nitrogens with zero attached hydrogens (tertiary/aromatic N) is 2. The molecule has 17 heavy (non-hydrogen) atoms. The van der Waals surface area contributed by atoms with Gasteiger partial charge in [-0.25, -0.2) is 0 Å². The van der Waals surface area contributed by atoms with Crippen molar-refractivity contribution in [1.82, 2.24) is 15.1 Å². The highest BCUT2D eigenvalue weighted by atomic mass is 16.5. The third-order valence-electron chi connectivity index (χ3n) is 2.76. The minimum absolute atomic E-state index is 0.638. The van der Waals surface area contributed by atoms with Gasteiger partial charge in [0.2, 0.25) is 0 Å². The van der Waals surface area contributed by atoms with E-state index in [2.05, 4.69) is 17.3 Å². The molecule has 0 fully saturated rings. The second kappa shape index (κ2) is 7.42. The number of aryl methyl sites for hydroxylation is 1. The first-order chi connectivity index (χ1) is 8.20. The third-order valence-corrected chi connectivity index (χ3v) is 2.76. The average Bonchev–Trinajstić information content (AvgIpc) is 2.57. The molecule has 0 spiro atoms. The minimum Gasteiger partial charge on any atom is -0.382 e. The van der Waals surface area contributed by atoms with Crippen LogP contribution < -0.4 is 5.32 Å². The quantitative estimate of drug-likeness (QED) is 0.686. The molecule has 98 valence electrons. The second-order valence-corrected chi connectivity index (χ2v) is 4.01. The SMILES string of the molecule is CNCc1c(C)nn(CCOCCOC)c1C. The standard InChI is InChI=1S/C12H23N3O2/c1-10-12(9-13-3)11(2)15(14-10)5-6-17-8-7-16-4/h13H,5-9H2,1-4H3. The maximum absolute atomic E-state index is 5.44. The molecule has 0 saturated carbocycles. The van der Waals surface area contributed by atoms with Gasteiger partial charge in [-0.15, -0.1) is 0 Å². The molecule has 0 amide bonds. The van der Waals surface area contributed by atoms with E-state index in [4.69, 9.17) is 9.47 Å². The predicted octanol–water partition coefficient (Wildman–Crippen LogP) is 0.882. The summed E-state index contributed by atoms with van der Waals surface area (Å²) in [6.45, 7) is 7.75. The number of aromatic nitrogens is 2. The summed E-state index contributed by atoms with van der Waals surface area (Å²) in [5.74, 6) is 0. The number of nitrogens with one attached hydrogen (secondary N) is 1. The van der Waals surface area contributed by atoms with Crippen LogP contribution in [0.5, 0.6) is 0 Å². The van der Waals surface area contributed by atoms with Crippen molar-refractivity contribution in [2.45, 2.75) is 26.9 Å². The van der Waals surface area contributed by atoms with Crippen LogP contribution in [0.15, 0.2) is 0 Å². The van der Waals surface area contributed by atoms with Crippen molar-refractivity contribution in [3.05, 3.63) is 17.0 Å². The number of methoxy groups -OCH3 is 1. The molecule has 1 aromatic rings. The Bertz CT molecular complexity index is 337. The Kier molecular flexibility index (Phi) is 6.18. The van der Waals surface area contributed by atoms with Gasteiger partial charge < -0.3 is 14.8 Å². The van der Waals surface area contributed by atoms with Gasteiger partial charge in [-0.3, -0.25) is 4.68 Å². The summed E-state index contributed by atoms with van der Waals surface area (Å²) in [5.41, 5.74) is 3.59. The Morgan fingerprint density at radius 2 is 2.00 bits per heavy atom. The lowest BCUT2D eigenvalue weighted by molar-refractivity contribution is 0.0651. The Balaban J connectivity index is 2.45. The maximum Gasteiger partial charge on any atom is 0.0701 e. The van der Waals surface area contributed by atoms with Crippen LogP contribution in [0.1, 0.15) is 17.0 Å². The van der Waals surface area contributed by atoms with Gasteiger partial charge >= 0.3 is 0 Å². The molecule has 0 aliphatic heterocycles. The number of rotatable bonds is 8. The predicted molar refractivity (Wildman–Crippen MR) is 67.2 cm³/mol. The fraction of sp³-hybridized carbons (Fsp3) is 0.750. The lowest BCUT2D eigenvalue weighted by atomic mass is 10.2. The van der Waals surface area contributed by atoms with Crippen molar-refractivity contribution in [2.75, 3.05) is 34.0 Å². The molecule has 1 N–H and O–H groups in total. The topological polar surface area (TPSA) is 48.3 Å². The van der Waals surface area contributed by atoms with Crippen molar-refractivity contribution in [2.24, 2.45) is 0 Å². The first kappa shape index (κ1) is 14.2. The van der Waals surface area contributed by atoms with Crippen LogP contribution in [-0.2, 0) is 22.6 Å². The molecule has 0 radical (unpaired) electrons. The van der Waals surface area contributed by atoms with Gasteiger partial charge in [-0.05, 0) is 20.9 Å². The molecule has 1 heterocycles. The molecule has 0 aliphatic carbocycles. The molecule has 0 unspecified atom stereocenters. The summed E-state index contributed by atoms with van der Waals surface area (Å²) in [5, 5.41) is 7.67. The van der Waals surface area contributed by atoms with E-state index in [1.165, 1.54) is 11.3 Å². The largest absolute Gasteiger partial charge is 0.382 e. The number of hydrogen-bond acceptors (Lipinski definition) is 4. The highest BCUT2D eigenvalue weighted by Gasteiger charge is 2.09. The smallest absolute Gasteiger partial charge is 0.0701 e. The van der Waals surface area contributed by atoms with Gasteiger partial charge in [0.1, 0.15) is 0 Å². The van der Waals surface area contributed by atoms with Crippen molar-refractivity contribution in [1.29, 1.82) is 0 Å². The fourth-order valence-electron chi connectivity index (χ4n) is 1.78. The molecule has 0 aromatic carbocycles. The van der Waals surface area contributed by atoms with E-state index in [1.807, 2.05) is 18.7 Å². The summed E-state index contributed by atoms with van der Waals surface area (Å²) < 4.78 is 12.4. The van der Waals surface area contributed by atoms with Crippen LogP contribution >= 0.6 is 0 Å². The number of hydrogen-bond donors (Lipinski definition) is 1. The first-order valence-electron chi connectivity index (χ1n) is 5.94. The molecular weight excluding hydrogens is 218 g/mol. The number of ether oxygens (including phenoxy) is 2. The maximum atomic E-state index is 5.44. The molecule has 0 bridgehead atoms. The molecule has 0 aliphatic rings. The van der Waals surface area contributed by atoms with E-state index in [0.717, 1.165) is 18.8 Å². The molecule has 5 nitrogen and oxygen atoms in total. The van der Waals surface area contributed by atoms with Gasteiger partial charge in [0.05, 0.1) is 32.1 Å². The lowest BCUT2D eigenvalue weighted by Crippen LogP contribution is -2.12. The summed E-state index contributed by atoms with van der Waals surface area (Å²) in [4.78, 5) is 0. The van der Waals surface area contributed by atoms with E-state index in [1.54, 1.807) is 7.11 Å². The summed E-state index contributed by atoms with van der Waals surface area (Å²) in [6.07, 6.45) is 0. The minimum atomic E-state index is 0.638. The van der Waals surface area contributed by atoms with E-state index in [-0.39, 0.29) is 0 Å². The molecular formula is C12H23N3O2. The third kappa shape index (κ3) is 4.11. The van der Waals surface area contributed by atoms with Crippen LogP contribution in [0, 0.1) is 13.8 Å². The second-order valence-electron chi connectivity index (χ2n) is 4.01. The highest BCUT2D eigenvalue weighted by molar-refractivity contribution is 5.24. The zero-order valence-corrected chi connectivity index (χ0v) is 11.2. The normalized spacial score (nSPS) is 11.1. The van der Waals surface area contributed by atoms with Crippen LogP contribution in [0.2, 0.25) is 0 Å².